The average Bonchev–Trinajstić information content (AvgIpc) is 3.58. The van der Waals surface area contributed by atoms with E-state index < -0.39 is 126 Å². The molecule has 1 heterocycles. The van der Waals surface area contributed by atoms with Crippen molar-refractivity contribution in [2.24, 2.45) is 39.8 Å². The second kappa shape index (κ2) is 26.2. The third-order valence-electron chi connectivity index (χ3n) is 10.5. The topological polar surface area (TPSA) is 403 Å². The Morgan fingerprint density at radius 1 is 0.788 bits per heavy atom. The number of ketones is 1. The molecule has 2 rings (SSSR count). The van der Waals surface area contributed by atoms with Gasteiger partial charge in [-0.15, -0.1) is 0 Å². The Hall–Kier alpha value is -6.85. The lowest BCUT2D eigenvalue weighted by Gasteiger charge is -2.30. The van der Waals surface area contributed by atoms with Crippen LogP contribution in [0.5, 0.6) is 5.75 Å². The van der Waals surface area contributed by atoms with Gasteiger partial charge in [0.25, 0.3) is 5.91 Å². The number of aliphatic carboxylic acids is 1. The number of rotatable bonds is 27. The fourth-order valence-corrected chi connectivity index (χ4v) is 6.81. The molecule has 0 saturated carbocycles. The third kappa shape index (κ3) is 18.3. The fraction of sp³-hybridized carbons (Fsp3) is 0.595. The molecular formula is C42H66N12O12. The maximum absolute atomic E-state index is 14.1. The zero-order chi connectivity index (χ0) is 50.0. The number of likely N-dealkylation sites (tertiary alicyclic amines) is 1. The predicted octanol–water partition coefficient (Wildman–Crippen LogP) is -3.51. The second-order valence-electron chi connectivity index (χ2n) is 17.0. The molecule has 24 heteroatoms. The van der Waals surface area contributed by atoms with Crippen molar-refractivity contribution in [3.8, 4) is 5.75 Å². The van der Waals surface area contributed by atoms with Crippen molar-refractivity contribution in [2.75, 3.05) is 13.1 Å². The standard InChI is InChI=1S/C42H66N12O12/c1-20(2)16-29(38(63)48-22(5)35(44)60)51-37(62)28(13-14-32(58)59)50-40(65)33(21(3)4)52-41(66)34(23(6)55)53-39(64)30(17-24-9-11-26(56)12-10-24)54-19-25(18-31(54)57)49-36(61)27(43)8-7-15-47-42(45)46/h9-12,20-22,25,27-30,33-34,56H,7-8,13-19,43H2,1-6H3,(H2,44,60)(H,48,63)(H,49,61)(H,50,65)(H,51,62)(H,52,66)(H,53,64)(H,58,59)(H4,45,46,47)/t22-,25+,27-,28-,29-,30-,33-,34-/m1/s1. The van der Waals surface area contributed by atoms with Crippen molar-refractivity contribution in [3.63, 3.8) is 0 Å². The van der Waals surface area contributed by atoms with Crippen molar-refractivity contribution in [2.45, 2.75) is 135 Å². The normalized spacial score (nSPS) is 16.7. The number of benzene rings is 1. The molecule has 0 aliphatic carbocycles. The van der Waals surface area contributed by atoms with E-state index in [4.69, 9.17) is 22.9 Å². The van der Waals surface area contributed by atoms with Crippen molar-refractivity contribution >= 4 is 65.0 Å². The van der Waals surface area contributed by atoms with Crippen molar-refractivity contribution < 1.29 is 58.2 Å². The number of hydrogen-bond donors (Lipinski definition) is 12. The lowest BCUT2D eigenvalue weighted by Crippen LogP contribution is -2.61. The van der Waals surface area contributed by atoms with Crippen LogP contribution in [0.4, 0.5) is 0 Å². The van der Waals surface area contributed by atoms with Crippen LogP contribution in [0.2, 0.25) is 0 Å². The molecule has 16 N–H and O–H groups in total. The highest BCUT2D eigenvalue weighted by Crippen LogP contribution is 2.21. The number of aliphatic imine (C=N–C) groups is 1. The molecule has 0 unspecified atom stereocenters. The number of phenols is 1. The summed E-state index contributed by atoms with van der Waals surface area (Å²) in [6, 6.07) is -4.60. The number of carboxylic acids is 1. The van der Waals surface area contributed by atoms with Gasteiger partial charge in [0.15, 0.2) is 17.8 Å². The van der Waals surface area contributed by atoms with Gasteiger partial charge in [-0.05, 0) is 69.1 Å². The van der Waals surface area contributed by atoms with Crippen molar-refractivity contribution in [3.05, 3.63) is 29.8 Å². The smallest absolute Gasteiger partial charge is 0.303 e. The maximum Gasteiger partial charge on any atom is 0.303 e. The number of carboxylic acid groups (broad SMARTS) is 1. The van der Waals surface area contributed by atoms with Crippen LogP contribution in [-0.2, 0) is 54.4 Å². The number of nitrogens with zero attached hydrogens (tertiary/aromatic N) is 2. The van der Waals surface area contributed by atoms with E-state index in [1.807, 2.05) is 0 Å². The number of hydrogen-bond acceptors (Lipinski definition) is 13. The monoisotopic (exact) mass is 930 g/mol. The predicted molar refractivity (Wildman–Crippen MR) is 238 cm³/mol. The van der Waals surface area contributed by atoms with E-state index in [1.54, 1.807) is 13.8 Å². The van der Waals surface area contributed by atoms with E-state index in [-0.39, 0.29) is 56.4 Å². The first-order valence-corrected chi connectivity index (χ1v) is 21.5. The number of amides is 8. The highest BCUT2D eigenvalue weighted by molar-refractivity contribution is 6.08. The van der Waals surface area contributed by atoms with Crippen LogP contribution < -0.4 is 54.8 Å². The zero-order valence-corrected chi connectivity index (χ0v) is 38.1. The Balaban J connectivity index is 2.34. The molecule has 8 amide bonds. The molecule has 1 fully saturated rings. The minimum absolute atomic E-state index is 0.0743. The molecule has 0 spiro atoms. The molecule has 0 bridgehead atoms. The van der Waals surface area contributed by atoms with E-state index in [1.165, 1.54) is 49.9 Å². The van der Waals surface area contributed by atoms with E-state index >= 15 is 0 Å². The molecule has 8 atom stereocenters. The van der Waals surface area contributed by atoms with Crippen LogP contribution in [0.15, 0.2) is 29.3 Å². The molecule has 1 aromatic rings. The number of aromatic hydroxyl groups is 1. The molecule has 24 nitrogen and oxygen atoms in total. The number of carbonyl (C=O) groups excluding carboxylic acids is 9. The van der Waals surface area contributed by atoms with E-state index in [0.29, 0.717) is 12.0 Å². The van der Waals surface area contributed by atoms with Crippen LogP contribution >= 0.6 is 0 Å². The molecule has 1 aliphatic heterocycles. The van der Waals surface area contributed by atoms with E-state index in [0.717, 1.165) is 6.92 Å². The van der Waals surface area contributed by atoms with Gasteiger partial charge in [0, 0.05) is 32.4 Å². The van der Waals surface area contributed by atoms with Crippen LogP contribution in [0.1, 0.15) is 85.6 Å². The first-order chi connectivity index (χ1) is 30.8. The number of phenolic OH excluding ortho intramolecular Hbond substituents is 1. The van der Waals surface area contributed by atoms with Gasteiger partial charge >= 0.3 is 5.97 Å². The summed E-state index contributed by atoms with van der Waals surface area (Å²) in [5.41, 5.74) is 22.5. The molecule has 1 aromatic carbocycles. The summed E-state index contributed by atoms with van der Waals surface area (Å²) >= 11 is 0. The van der Waals surface area contributed by atoms with Gasteiger partial charge < -0.3 is 69.9 Å². The van der Waals surface area contributed by atoms with Gasteiger partial charge in [0.2, 0.25) is 41.4 Å². The molecule has 66 heavy (non-hydrogen) atoms. The van der Waals surface area contributed by atoms with Gasteiger partial charge in [-0.3, -0.25) is 52.9 Å². The van der Waals surface area contributed by atoms with E-state index in [9.17, 15) is 58.2 Å². The van der Waals surface area contributed by atoms with Gasteiger partial charge in [0.1, 0.15) is 36.0 Å². The maximum atomic E-state index is 14.1. The van der Waals surface area contributed by atoms with Crippen LogP contribution in [0, 0.1) is 11.8 Å². The molecule has 1 aliphatic rings. The first kappa shape index (κ1) is 55.3. The first-order valence-electron chi connectivity index (χ1n) is 21.5. The Kier molecular flexibility index (Phi) is 21.9. The summed E-state index contributed by atoms with van der Waals surface area (Å²) in [4.78, 5) is 136. The number of carbonyl (C=O) groups is 10. The number of Topliss-reactive ketones (excluding diaryl/α,β-unsaturated/α-hetero) is 1. The van der Waals surface area contributed by atoms with E-state index in [2.05, 4.69) is 36.9 Å². The summed E-state index contributed by atoms with van der Waals surface area (Å²) in [5.74, 6) is -9.92. The second-order valence-corrected chi connectivity index (χ2v) is 17.0. The summed E-state index contributed by atoms with van der Waals surface area (Å²) in [6.07, 6.45) is -0.690. The average molecular weight is 931 g/mol. The molecule has 0 radical (unpaired) electrons. The number of guanidine groups is 1. The Morgan fingerprint density at radius 3 is 1.94 bits per heavy atom. The third-order valence-corrected chi connectivity index (χ3v) is 10.5. The summed E-state index contributed by atoms with van der Waals surface area (Å²) in [7, 11) is 0. The van der Waals surface area contributed by atoms with Crippen LogP contribution in [0.25, 0.3) is 0 Å². The van der Waals surface area contributed by atoms with Gasteiger partial charge in [-0.25, -0.2) is 0 Å². The van der Waals surface area contributed by atoms with Crippen molar-refractivity contribution in [1.29, 1.82) is 0 Å². The molecule has 1 saturated heterocycles. The van der Waals surface area contributed by atoms with Crippen molar-refractivity contribution in [1.82, 2.24) is 36.8 Å². The Bertz CT molecular complexity index is 1960. The minimum Gasteiger partial charge on any atom is -0.508 e. The summed E-state index contributed by atoms with van der Waals surface area (Å²) in [5, 5.41) is 34.2. The van der Waals surface area contributed by atoms with Crippen LogP contribution in [0.3, 0.4) is 0 Å². The lowest BCUT2D eigenvalue weighted by molar-refractivity contribution is -0.141. The van der Waals surface area contributed by atoms with Crippen LogP contribution in [-0.4, -0.2) is 142 Å². The SMILES string of the molecule is CC(=O)[C@@H](NC(=O)[C@@H](Cc1ccc(O)cc1)N1C[C@@H](NC(=O)[C@H](N)CCCN=C(N)N)CC1=O)C(=O)N[C@@H](C(=O)N[C@H](CCC(=O)O)C(=O)N[C@H](CC(C)C)C(=O)N[C@H](C)C(N)=O)C(C)C. The Morgan fingerprint density at radius 2 is 1.39 bits per heavy atom. The van der Waals surface area contributed by atoms with Gasteiger partial charge in [-0.1, -0.05) is 39.8 Å². The van der Waals surface area contributed by atoms with Gasteiger partial charge in [-0.2, -0.15) is 0 Å². The summed E-state index contributed by atoms with van der Waals surface area (Å²) in [6.45, 7) is 9.03. The lowest BCUT2D eigenvalue weighted by atomic mass is 10.00. The highest BCUT2D eigenvalue weighted by atomic mass is 16.4. The largest absolute Gasteiger partial charge is 0.508 e. The number of primary amides is 1. The molecule has 366 valence electrons. The minimum atomic E-state index is -1.91. The molecular weight excluding hydrogens is 865 g/mol. The quantitative estimate of drug-likeness (QED) is 0.0176. The highest BCUT2D eigenvalue weighted by Gasteiger charge is 2.41. The Labute approximate surface area is 382 Å². The fourth-order valence-electron chi connectivity index (χ4n) is 6.81. The van der Waals surface area contributed by atoms with Gasteiger partial charge in [0.05, 0.1) is 12.1 Å². The number of nitrogens with two attached hydrogens (primary N) is 4. The zero-order valence-electron chi connectivity index (χ0n) is 38.1. The molecule has 0 aromatic heterocycles. The number of nitrogens with one attached hydrogen (secondary N) is 6. The summed E-state index contributed by atoms with van der Waals surface area (Å²) < 4.78 is 0.